The van der Waals surface area contributed by atoms with Crippen LogP contribution in [0.25, 0.3) is 10.9 Å². The molecule has 2 fully saturated rings. The van der Waals surface area contributed by atoms with Gasteiger partial charge in [-0.15, -0.1) is 5.10 Å². The lowest BCUT2D eigenvalue weighted by molar-refractivity contribution is 0.146. The maximum Gasteiger partial charge on any atom is 0.253 e. The first kappa shape index (κ1) is 21.1. The summed E-state index contributed by atoms with van der Waals surface area (Å²) in [5, 5.41) is 13.9. The molecule has 1 saturated carbocycles. The summed E-state index contributed by atoms with van der Waals surface area (Å²) in [7, 11) is 1.66. The molecule has 5 rings (SSSR count). The van der Waals surface area contributed by atoms with Gasteiger partial charge in [-0.2, -0.15) is 0 Å². The van der Waals surface area contributed by atoms with Gasteiger partial charge in [0.2, 0.25) is 0 Å². The summed E-state index contributed by atoms with van der Waals surface area (Å²) in [5.41, 5.74) is 1.43. The second-order valence-corrected chi connectivity index (χ2v) is 9.40. The van der Waals surface area contributed by atoms with E-state index in [2.05, 4.69) is 32.3 Å². The molecule has 3 heterocycles. The molecule has 1 aliphatic carbocycles. The minimum absolute atomic E-state index is 0.0792. The second-order valence-electron chi connectivity index (χ2n) is 9.40. The first-order valence-corrected chi connectivity index (χ1v) is 11.9. The highest BCUT2D eigenvalue weighted by atomic mass is 16.5. The van der Waals surface area contributed by atoms with E-state index in [-0.39, 0.29) is 11.6 Å². The van der Waals surface area contributed by atoms with Gasteiger partial charge in [-0.25, -0.2) is 4.68 Å². The third-order valence-corrected chi connectivity index (χ3v) is 7.24. The number of fused-ring (bicyclic) bond motifs is 1. The number of rotatable bonds is 5. The Morgan fingerprint density at radius 2 is 1.88 bits per heavy atom. The number of aromatic amines is 1. The van der Waals surface area contributed by atoms with E-state index < -0.39 is 0 Å². The fourth-order valence-electron chi connectivity index (χ4n) is 5.28. The van der Waals surface area contributed by atoms with Crippen molar-refractivity contribution in [2.24, 2.45) is 5.92 Å². The molecule has 1 saturated heterocycles. The molecule has 0 unspecified atom stereocenters. The lowest BCUT2D eigenvalue weighted by atomic mass is 9.93. The molecule has 1 aliphatic heterocycles. The zero-order valence-corrected chi connectivity index (χ0v) is 19.0. The standard InChI is InChI=1S/C24H32N6O2/c1-16-10-12-29(13-11-16)22(23-26-27-28-30(23)18-6-4-3-5-7-18)20-15-17-14-19(32-2)8-9-21(17)25-24(20)31/h8-9,14-16,18,22H,3-7,10-13H2,1-2H3,(H,25,31)/t22-/m1/s1. The van der Waals surface area contributed by atoms with Crippen molar-refractivity contribution < 1.29 is 4.74 Å². The number of pyridine rings is 1. The fourth-order valence-corrected chi connectivity index (χ4v) is 5.28. The average molecular weight is 437 g/mol. The van der Waals surface area contributed by atoms with E-state index in [0.29, 0.717) is 17.5 Å². The van der Waals surface area contributed by atoms with Crippen LogP contribution in [0.2, 0.25) is 0 Å². The molecule has 2 aromatic heterocycles. The van der Waals surface area contributed by atoms with Gasteiger partial charge in [0.1, 0.15) is 11.8 Å². The molecule has 8 nitrogen and oxygen atoms in total. The number of methoxy groups -OCH3 is 1. The number of hydrogen-bond acceptors (Lipinski definition) is 6. The van der Waals surface area contributed by atoms with E-state index in [4.69, 9.17) is 4.74 Å². The number of tetrazole rings is 1. The topological polar surface area (TPSA) is 88.9 Å². The van der Waals surface area contributed by atoms with Crippen molar-refractivity contribution in [3.05, 3.63) is 46.0 Å². The summed E-state index contributed by atoms with van der Waals surface area (Å²) >= 11 is 0. The molecule has 32 heavy (non-hydrogen) atoms. The van der Waals surface area contributed by atoms with Gasteiger partial charge in [0, 0.05) is 16.5 Å². The Morgan fingerprint density at radius 3 is 2.62 bits per heavy atom. The zero-order chi connectivity index (χ0) is 22.1. The maximum atomic E-state index is 13.3. The molecule has 1 N–H and O–H groups in total. The Kier molecular flexibility index (Phi) is 5.95. The Balaban J connectivity index is 1.62. The van der Waals surface area contributed by atoms with E-state index in [1.165, 1.54) is 19.3 Å². The molecule has 1 aromatic carbocycles. The average Bonchev–Trinajstić information content (AvgIpc) is 3.30. The summed E-state index contributed by atoms with van der Waals surface area (Å²) in [5.74, 6) is 2.26. The molecule has 3 aromatic rings. The Morgan fingerprint density at radius 1 is 1.09 bits per heavy atom. The highest BCUT2D eigenvalue weighted by molar-refractivity contribution is 5.80. The summed E-state index contributed by atoms with van der Waals surface area (Å²) in [6.45, 7) is 4.16. The van der Waals surface area contributed by atoms with Crippen LogP contribution >= 0.6 is 0 Å². The second kappa shape index (κ2) is 9.02. The predicted molar refractivity (Wildman–Crippen MR) is 123 cm³/mol. The van der Waals surface area contributed by atoms with Crippen LogP contribution < -0.4 is 10.3 Å². The molecule has 1 atom stereocenters. The van der Waals surface area contributed by atoms with Gasteiger partial charge >= 0.3 is 0 Å². The minimum atomic E-state index is -0.265. The highest BCUT2D eigenvalue weighted by Gasteiger charge is 2.34. The summed E-state index contributed by atoms with van der Waals surface area (Å²) in [4.78, 5) is 18.8. The number of nitrogens with one attached hydrogen (secondary N) is 1. The number of likely N-dealkylation sites (tertiary alicyclic amines) is 1. The number of ether oxygens (including phenoxy) is 1. The maximum absolute atomic E-state index is 13.3. The van der Waals surface area contributed by atoms with E-state index >= 15 is 0 Å². The van der Waals surface area contributed by atoms with Crippen molar-refractivity contribution >= 4 is 10.9 Å². The van der Waals surface area contributed by atoms with Crippen LogP contribution in [0.15, 0.2) is 29.1 Å². The van der Waals surface area contributed by atoms with Crippen molar-refractivity contribution in [3.8, 4) is 5.75 Å². The first-order valence-electron chi connectivity index (χ1n) is 11.9. The Hall–Kier alpha value is -2.74. The molecular weight excluding hydrogens is 404 g/mol. The lowest BCUT2D eigenvalue weighted by Gasteiger charge is -2.36. The van der Waals surface area contributed by atoms with Crippen LogP contribution in [-0.4, -0.2) is 50.3 Å². The largest absolute Gasteiger partial charge is 0.497 e. The van der Waals surface area contributed by atoms with Crippen LogP contribution in [0.4, 0.5) is 0 Å². The molecule has 0 radical (unpaired) electrons. The smallest absolute Gasteiger partial charge is 0.253 e. The number of benzene rings is 1. The highest BCUT2D eigenvalue weighted by Crippen LogP contribution is 2.35. The first-order chi connectivity index (χ1) is 15.6. The van der Waals surface area contributed by atoms with Crippen LogP contribution in [0, 0.1) is 5.92 Å². The summed E-state index contributed by atoms with van der Waals surface area (Å²) in [6, 6.07) is 7.76. The van der Waals surface area contributed by atoms with Gasteiger partial charge in [0.05, 0.1) is 13.2 Å². The van der Waals surface area contributed by atoms with Crippen molar-refractivity contribution in [3.63, 3.8) is 0 Å². The van der Waals surface area contributed by atoms with Crippen LogP contribution in [0.1, 0.15) is 75.3 Å². The Bertz CT molecular complexity index is 1120. The van der Waals surface area contributed by atoms with Crippen LogP contribution in [0.3, 0.4) is 0 Å². The van der Waals surface area contributed by atoms with Gasteiger partial charge in [-0.1, -0.05) is 26.2 Å². The monoisotopic (exact) mass is 436 g/mol. The molecular formula is C24H32N6O2. The predicted octanol–water partition coefficient (Wildman–Crippen LogP) is 3.85. The van der Waals surface area contributed by atoms with E-state index in [9.17, 15) is 4.79 Å². The van der Waals surface area contributed by atoms with E-state index in [0.717, 1.165) is 61.2 Å². The van der Waals surface area contributed by atoms with Crippen molar-refractivity contribution in [1.82, 2.24) is 30.1 Å². The van der Waals surface area contributed by atoms with E-state index in [1.54, 1.807) is 7.11 Å². The molecule has 0 bridgehead atoms. The van der Waals surface area contributed by atoms with Gasteiger partial charge in [0.15, 0.2) is 5.82 Å². The third kappa shape index (κ3) is 4.03. The number of piperidine rings is 1. The minimum Gasteiger partial charge on any atom is -0.497 e. The van der Waals surface area contributed by atoms with Crippen LogP contribution in [0.5, 0.6) is 5.75 Å². The van der Waals surface area contributed by atoms with Crippen molar-refractivity contribution in [2.75, 3.05) is 20.2 Å². The number of hydrogen-bond donors (Lipinski definition) is 1. The summed E-state index contributed by atoms with van der Waals surface area (Å²) in [6.07, 6.45) is 8.08. The summed E-state index contributed by atoms with van der Waals surface area (Å²) < 4.78 is 7.42. The number of aromatic nitrogens is 5. The van der Waals surface area contributed by atoms with Gasteiger partial charge in [0.25, 0.3) is 5.56 Å². The van der Waals surface area contributed by atoms with E-state index in [1.807, 2.05) is 28.9 Å². The lowest BCUT2D eigenvalue weighted by Crippen LogP contribution is -2.40. The number of H-pyrrole nitrogens is 1. The van der Waals surface area contributed by atoms with Gasteiger partial charge in [-0.05, 0) is 79.4 Å². The molecule has 2 aliphatic rings. The van der Waals surface area contributed by atoms with Crippen molar-refractivity contribution in [2.45, 2.75) is 64.0 Å². The van der Waals surface area contributed by atoms with Crippen LogP contribution in [-0.2, 0) is 0 Å². The normalized spacial score (nSPS) is 19.9. The quantitative estimate of drug-likeness (QED) is 0.654. The third-order valence-electron chi connectivity index (χ3n) is 7.24. The van der Waals surface area contributed by atoms with Gasteiger partial charge in [-0.3, -0.25) is 9.69 Å². The number of nitrogens with zero attached hydrogens (tertiary/aromatic N) is 5. The molecule has 170 valence electrons. The zero-order valence-electron chi connectivity index (χ0n) is 19.0. The Labute approximate surface area is 188 Å². The SMILES string of the molecule is COc1ccc2[nH]c(=O)c([C@H](c3nnnn3C3CCCCC3)N3CCC(C)CC3)cc2c1. The molecule has 0 amide bonds. The molecule has 8 heteroatoms. The fraction of sp³-hybridized carbons (Fsp3) is 0.583. The molecule has 0 spiro atoms. The van der Waals surface area contributed by atoms with Gasteiger partial charge < -0.3 is 9.72 Å². The van der Waals surface area contributed by atoms with Crippen molar-refractivity contribution in [1.29, 1.82) is 0 Å².